The van der Waals surface area contributed by atoms with Crippen molar-refractivity contribution in [3.05, 3.63) is 53.1 Å². The van der Waals surface area contributed by atoms with Gasteiger partial charge in [0.05, 0.1) is 6.33 Å². The molecule has 0 aliphatic rings. The predicted molar refractivity (Wildman–Crippen MR) is 71.3 cm³/mol. The number of H-pyrrole nitrogens is 1. The second-order valence-corrected chi connectivity index (χ2v) is 4.65. The van der Waals surface area contributed by atoms with Crippen LogP contribution in [-0.2, 0) is 0 Å². The summed E-state index contributed by atoms with van der Waals surface area (Å²) in [6.45, 7) is 6.62. The van der Waals surface area contributed by atoms with E-state index in [-0.39, 0.29) is 0 Å². The van der Waals surface area contributed by atoms with Crippen molar-refractivity contribution in [3.8, 4) is 0 Å². The minimum Gasteiger partial charge on any atom is -0.348 e. The molecule has 0 amide bonds. The highest BCUT2D eigenvalue weighted by molar-refractivity contribution is 5.40. The number of nitrogens with zero attached hydrogens (tertiary/aromatic N) is 1. The molecule has 0 bridgehead atoms. The first-order chi connectivity index (χ1) is 8.24. The van der Waals surface area contributed by atoms with Crippen molar-refractivity contribution < 1.29 is 0 Å². The third-order valence-electron chi connectivity index (χ3n) is 3.36. The highest BCUT2D eigenvalue weighted by Crippen LogP contribution is 2.32. The van der Waals surface area contributed by atoms with Crippen LogP contribution in [0.4, 0.5) is 0 Å². The monoisotopic (exact) mass is 228 g/mol. The van der Waals surface area contributed by atoms with Crippen LogP contribution < -0.4 is 0 Å². The average Bonchev–Trinajstić information content (AvgIpc) is 2.80. The molecule has 0 fully saturated rings. The van der Waals surface area contributed by atoms with Crippen LogP contribution in [0.25, 0.3) is 0 Å². The summed E-state index contributed by atoms with van der Waals surface area (Å²) >= 11 is 0. The van der Waals surface area contributed by atoms with Crippen molar-refractivity contribution in [3.63, 3.8) is 0 Å². The van der Waals surface area contributed by atoms with E-state index in [9.17, 15) is 0 Å². The Morgan fingerprint density at radius 1 is 1.24 bits per heavy atom. The second kappa shape index (κ2) is 5.17. The van der Waals surface area contributed by atoms with Crippen LogP contribution in [0.2, 0.25) is 0 Å². The van der Waals surface area contributed by atoms with E-state index in [1.54, 1.807) is 6.33 Å². The molecule has 17 heavy (non-hydrogen) atoms. The molecule has 2 aromatic rings. The van der Waals surface area contributed by atoms with Gasteiger partial charge >= 0.3 is 0 Å². The van der Waals surface area contributed by atoms with Crippen molar-refractivity contribution >= 4 is 0 Å². The van der Waals surface area contributed by atoms with Crippen molar-refractivity contribution in [1.82, 2.24) is 9.97 Å². The average molecular weight is 228 g/mol. The molecule has 0 aliphatic heterocycles. The fourth-order valence-corrected chi connectivity index (χ4v) is 2.58. The summed E-state index contributed by atoms with van der Waals surface area (Å²) in [4.78, 5) is 7.42. The van der Waals surface area contributed by atoms with Gasteiger partial charge in [0.1, 0.15) is 0 Å². The quantitative estimate of drug-likeness (QED) is 0.843. The molecule has 0 radical (unpaired) electrons. The van der Waals surface area contributed by atoms with Crippen LogP contribution in [0.3, 0.4) is 0 Å². The third kappa shape index (κ3) is 2.41. The molecule has 1 N–H and O–H groups in total. The van der Waals surface area contributed by atoms with Gasteiger partial charge in [0, 0.05) is 17.8 Å². The Bertz CT molecular complexity index is 451. The molecule has 0 saturated heterocycles. The second-order valence-electron chi connectivity index (χ2n) is 4.65. The zero-order chi connectivity index (χ0) is 12.3. The van der Waals surface area contributed by atoms with Gasteiger partial charge in [0.15, 0.2) is 0 Å². The van der Waals surface area contributed by atoms with Crippen LogP contribution in [0.1, 0.15) is 48.1 Å². The zero-order valence-electron chi connectivity index (χ0n) is 10.8. The molecule has 1 aromatic heterocycles. The Balaban J connectivity index is 2.46. The van der Waals surface area contributed by atoms with Gasteiger partial charge in [-0.05, 0) is 37.0 Å². The first-order valence-electron chi connectivity index (χ1n) is 6.28. The maximum absolute atomic E-state index is 4.15. The summed E-state index contributed by atoms with van der Waals surface area (Å²) in [7, 11) is 0. The molecule has 90 valence electrons. The molecule has 1 aromatic carbocycles. The maximum atomic E-state index is 4.15. The topological polar surface area (TPSA) is 28.7 Å². The molecule has 2 nitrogen and oxygen atoms in total. The van der Waals surface area contributed by atoms with Gasteiger partial charge in [-0.25, -0.2) is 4.98 Å². The molecule has 1 atom stereocenters. The van der Waals surface area contributed by atoms with Gasteiger partial charge in [-0.15, -0.1) is 0 Å². The third-order valence-corrected chi connectivity index (χ3v) is 3.36. The Morgan fingerprint density at radius 2 is 1.94 bits per heavy atom. The zero-order valence-corrected chi connectivity index (χ0v) is 10.8. The van der Waals surface area contributed by atoms with Gasteiger partial charge in [-0.2, -0.15) is 0 Å². The molecule has 0 spiro atoms. The fourth-order valence-electron chi connectivity index (χ4n) is 2.58. The lowest BCUT2D eigenvalue weighted by Crippen LogP contribution is -2.05. The van der Waals surface area contributed by atoms with E-state index in [0.717, 1.165) is 6.42 Å². The molecule has 0 saturated carbocycles. The highest BCUT2D eigenvalue weighted by Gasteiger charge is 2.18. The van der Waals surface area contributed by atoms with E-state index in [1.807, 2.05) is 6.20 Å². The van der Waals surface area contributed by atoms with E-state index in [1.165, 1.54) is 28.8 Å². The maximum Gasteiger partial charge on any atom is 0.0921 e. The van der Waals surface area contributed by atoms with Gasteiger partial charge in [0.2, 0.25) is 0 Å². The number of aromatic amines is 1. The number of aryl methyl sites for hydroxylation is 2. The SMILES string of the molecule is CCCC(c1cnc[nH]1)c1c(C)cccc1C. The fraction of sp³-hybridized carbons (Fsp3) is 0.400. The molecular formula is C15H20N2. The summed E-state index contributed by atoms with van der Waals surface area (Å²) in [6.07, 6.45) is 6.06. The molecule has 0 aliphatic carbocycles. The highest BCUT2D eigenvalue weighted by atomic mass is 14.9. The van der Waals surface area contributed by atoms with Gasteiger partial charge in [-0.3, -0.25) is 0 Å². The first-order valence-corrected chi connectivity index (χ1v) is 6.28. The van der Waals surface area contributed by atoms with Crippen LogP contribution in [0.15, 0.2) is 30.7 Å². The summed E-state index contributed by atoms with van der Waals surface area (Å²) in [5, 5.41) is 0. The Hall–Kier alpha value is -1.57. The lowest BCUT2D eigenvalue weighted by atomic mass is 9.86. The lowest BCUT2D eigenvalue weighted by molar-refractivity contribution is 0.677. The van der Waals surface area contributed by atoms with Gasteiger partial charge < -0.3 is 4.98 Å². The minimum atomic E-state index is 0.448. The summed E-state index contributed by atoms with van der Waals surface area (Å²) in [5.41, 5.74) is 5.43. The number of aromatic nitrogens is 2. The largest absolute Gasteiger partial charge is 0.348 e. The van der Waals surface area contributed by atoms with Crippen LogP contribution in [-0.4, -0.2) is 9.97 Å². The normalized spacial score (nSPS) is 12.6. The van der Waals surface area contributed by atoms with Gasteiger partial charge in [-0.1, -0.05) is 31.5 Å². The molecule has 2 heteroatoms. The van der Waals surface area contributed by atoms with E-state index in [4.69, 9.17) is 0 Å². The smallest absolute Gasteiger partial charge is 0.0921 e. The van der Waals surface area contributed by atoms with Gasteiger partial charge in [0.25, 0.3) is 0 Å². The number of hydrogen-bond acceptors (Lipinski definition) is 1. The minimum absolute atomic E-state index is 0.448. The van der Waals surface area contributed by atoms with Crippen molar-refractivity contribution in [2.24, 2.45) is 0 Å². The van der Waals surface area contributed by atoms with E-state index >= 15 is 0 Å². The van der Waals surface area contributed by atoms with Crippen LogP contribution in [0.5, 0.6) is 0 Å². The number of nitrogens with one attached hydrogen (secondary N) is 1. The molecule has 1 heterocycles. The Kier molecular flexibility index (Phi) is 3.62. The molecular weight excluding hydrogens is 208 g/mol. The van der Waals surface area contributed by atoms with Crippen molar-refractivity contribution in [1.29, 1.82) is 0 Å². The number of imidazole rings is 1. The standard InChI is InChI=1S/C15H20N2/c1-4-6-13(14-9-16-10-17-14)15-11(2)7-5-8-12(15)3/h5,7-10,13H,4,6H2,1-3H3,(H,16,17). The van der Waals surface area contributed by atoms with Crippen LogP contribution in [0, 0.1) is 13.8 Å². The summed E-state index contributed by atoms with van der Waals surface area (Å²) in [5.74, 6) is 0.448. The van der Waals surface area contributed by atoms with E-state index in [2.05, 4.69) is 48.9 Å². The predicted octanol–water partition coefficient (Wildman–Crippen LogP) is 3.96. The molecule has 1 unspecified atom stereocenters. The lowest BCUT2D eigenvalue weighted by Gasteiger charge is -2.20. The Morgan fingerprint density at radius 3 is 2.47 bits per heavy atom. The number of benzene rings is 1. The molecule has 2 rings (SSSR count). The number of hydrogen-bond donors (Lipinski definition) is 1. The van der Waals surface area contributed by atoms with E-state index < -0.39 is 0 Å². The van der Waals surface area contributed by atoms with Crippen molar-refractivity contribution in [2.45, 2.75) is 39.5 Å². The van der Waals surface area contributed by atoms with Crippen LogP contribution >= 0.6 is 0 Å². The summed E-state index contributed by atoms with van der Waals surface area (Å²) in [6, 6.07) is 6.52. The van der Waals surface area contributed by atoms with E-state index in [0.29, 0.717) is 5.92 Å². The number of rotatable bonds is 4. The summed E-state index contributed by atoms with van der Waals surface area (Å²) < 4.78 is 0. The van der Waals surface area contributed by atoms with Crippen molar-refractivity contribution in [2.75, 3.05) is 0 Å². The Labute approximate surface area is 103 Å². The first kappa shape index (κ1) is 11.9.